The molecule has 88 valence electrons. The molecule has 1 nitrogen and oxygen atoms in total. The summed E-state index contributed by atoms with van der Waals surface area (Å²) in [5, 5.41) is 0.556. The SMILES string of the molecule is CCCC(P)C(=O)c1c(Cl)cccc1SC. The van der Waals surface area contributed by atoms with Gasteiger partial charge in [0.05, 0.1) is 10.6 Å². The van der Waals surface area contributed by atoms with Gasteiger partial charge in [-0.15, -0.1) is 21.0 Å². The van der Waals surface area contributed by atoms with Gasteiger partial charge in [0.2, 0.25) is 0 Å². The van der Waals surface area contributed by atoms with E-state index in [9.17, 15) is 4.79 Å². The van der Waals surface area contributed by atoms with E-state index < -0.39 is 0 Å². The van der Waals surface area contributed by atoms with Gasteiger partial charge < -0.3 is 0 Å². The highest BCUT2D eigenvalue weighted by atomic mass is 35.5. The van der Waals surface area contributed by atoms with E-state index in [0.29, 0.717) is 10.6 Å². The second kappa shape index (κ2) is 6.64. The second-order valence-electron chi connectivity index (χ2n) is 3.58. The molecule has 0 aliphatic rings. The van der Waals surface area contributed by atoms with Crippen LogP contribution in [0.15, 0.2) is 23.1 Å². The number of halogens is 1. The predicted octanol–water partition coefficient (Wildman–Crippen LogP) is 4.29. The van der Waals surface area contributed by atoms with Crippen LogP contribution < -0.4 is 0 Å². The van der Waals surface area contributed by atoms with Crippen molar-refractivity contribution in [3.05, 3.63) is 28.8 Å². The molecule has 1 aromatic rings. The first-order valence-electron chi connectivity index (χ1n) is 5.24. The van der Waals surface area contributed by atoms with Crippen LogP contribution >= 0.6 is 32.6 Å². The minimum Gasteiger partial charge on any atom is -0.293 e. The Labute approximate surface area is 109 Å². The van der Waals surface area contributed by atoms with Gasteiger partial charge in [-0.25, -0.2) is 0 Å². The molecule has 0 amide bonds. The van der Waals surface area contributed by atoms with Gasteiger partial charge in [0.15, 0.2) is 5.78 Å². The number of thioether (sulfide) groups is 1. The zero-order valence-electron chi connectivity index (χ0n) is 9.50. The van der Waals surface area contributed by atoms with Gasteiger partial charge in [0, 0.05) is 10.6 Å². The van der Waals surface area contributed by atoms with E-state index >= 15 is 0 Å². The van der Waals surface area contributed by atoms with E-state index in [4.69, 9.17) is 11.6 Å². The molecular weight excluding hydrogens is 259 g/mol. The summed E-state index contributed by atoms with van der Waals surface area (Å²) in [6.45, 7) is 2.08. The number of carbonyl (C=O) groups is 1. The van der Waals surface area contributed by atoms with Gasteiger partial charge in [0.1, 0.15) is 0 Å². The zero-order chi connectivity index (χ0) is 12.1. The van der Waals surface area contributed by atoms with Gasteiger partial charge >= 0.3 is 0 Å². The molecular formula is C12H16ClOPS. The highest BCUT2D eigenvalue weighted by molar-refractivity contribution is 7.98. The molecule has 1 rings (SSSR count). The monoisotopic (exact) mass is 274 g/mol. The molecule has 16 heavy (non-hydrogen) atoms. The van der Waals surface area contributed by atoms with Crippen LogP contribution in [0.1, 0.15) is 30.1 Å². The standard InChI is InChI=1S/C12H16ClOPS/c1-3-5-9(15)12(14)11-8(13)6-4-7-10(11)16-2/h4,6-7,9H,3,5,15H2,1-2H3. The molecule has 0 aromatic heterocycles. The van der Waals surface area contributed by atoms with Crippen molar-refractivity contribution in [3.8, 4) is 0 Å². The predicted molar refractivity (Wildman–Crippen MR) is 76.0 cm³/mol. The lowest BCUT2D eigenvalue weighted by molar-refractivity contribution is 0.0983. The first kappa shape index (κ1) is 14.0. The van der Waals surface area contributed by atoms with Gasteiger partial charge in [-0.2, -0.15) is 0 Å². The highest BCUT2D eigenvalue weighted by Crippen LogP contribution is 2.30. The Bertz CT molecular complexity index is 381. The Balaban J connectivity index is 3.06. The summed E-state index contributed by atoms with van der Waals surface area (Å²) in [5.74, 6) is 0.127. The third kappa shape index (κ3) is 3.23. The number of hydrogen-bond acceptors (Lipinski definition) is 2. The van der Waals surface area contributed by atoms with Crippen molar-refractivity contribution < 1.29 is 4.79 Å². The van der Waals surface area contributed by atoms with Crippen molar-refractivity contribution in [2.24, 2.45) is 0 Å². The topological polar surface area (TPSA) is 17.1 Å². The van der Waals surface area contributed by atoms with E-state index in [1.807, 2.05) is 18.4 Å². The van der Waals surface area contributed by atoms with E-state index in [1.165, 1.54) is 0 Å². The van der Waals surface area contributed by atoms with Crippen LogP contribution in [0.3, 0.4) is 0 Å². The van der Waals surface area contributed by atoms with Crippen LogP contribution in [0.2, 0.25) is 5.02 Å². The zero-order valence-corrected chi connectivity index (χ0v) is 12.2. The van der Waals surface area contributed by atoms with Crippen molar-refractivity contribution in [2.45, 2.75) is 30.3 Å². The van der Waals surface area contributed by atoms with Crippen LogP contribution in [0, 0.1) is 0 Å². The van der Waals surface area contributed by atoms with Crippen molar-refractivity contribution >= 4 is 38.4 Å². The van der Waals surface area contributed by atoms with Crippen molar-refractivity contribution in [2.75, 3.05) is 6.26 Å². The maximum Gasteiger partial charge on any atom is 0.172 e. The van der Waals surface area contributed by atoms with Crippen LogP contribution in [0.5, 0.6) is 0 Å². The molecule has 0 aliphatic heterocycles. The van der Waals surface area contributed by atoms with Crippen LogP contribution in [0.25, 0.3) is 0 Å². The summed E-state index contributed by atoms with van der Waals surface area (Å²) in [6.07, 6.45) is 3.83. The summed E-state index contributed by atoms with van der Waals surface area (Å²) in [6, 6.07) is 5.59. The molecule has 0 radical (unpaired) electrons. The van der Waals surface area contributed by atoms with Crippen LogP contribution in [0.4, 0.5) is 0 Å². The average Bonchev–Trinajstić information content (AvgIpc) is 2.28. The van der Waals surface area contributed by atoms with E-state index in [-0.39, 0.29) is 11.4 Å². The highest BCUT2D eigenvalue weighted by Gasteiger charge is 2.20. The van der Waals surface area contributed by atoms with Gasteiger partial charge in [-0.3, -0.25) is 4.79 Å². The van der Waals surface area contributed by atoms with Crippen LogP contribution in [-0.4, -0.2) is 17.7 Å². The van der Waals surface area contributed by atoms with Crippen molar-refractivity contribution in [1.29, 1.82) is 0 Å². The van der Waals surface area contributed by atoms with Gasteiger partial charge in [-0.1, -0.05) is 31.0 Å². The summed E-state index contributed by atoms with van der Waals surface area (Å²) < 4.78 is 0. The van der Waals surface area contributed by atoms with Crippen molar-refractivity contribution in [3.63, 3.8) is 0 Å². The quantitative estimate of drug-likeness (QED) is 0.453. The average molecular weight is 275 g/mol. The van der Waals surface area contributed by atoms with E-state index in [2.05, 4.69) is 16.2 Å². The third-order valence-electron chi connectivity index (χ3n) is 2.38. The molecule has 0 bridgehead atoms. The van der Waals surface area contributed by atoms with Crippen molar-refractivity contribution in [1.82, 2.24) is 0 Å². The first-order chi connectivity index (χ1) is 7.61. The lowest BCUT2D eigenvalue weighted by Gasteiger charge is -2.13. The molecule has 0 saturated carbocycles. The molecule has 0 saturated heterocycles. The molecule has 1 aromatic carbocycles. The number of ketones is 1. The fourth-order valence-corrected chi connectivity index (χ4v) is 2.99. The molecule has 0 aliphatic carbocycles. The lowest BCUT2D eigenvalue weighted by atomic mass is 10.1. The molecule has 2 unspecified atom stereocenters. The molecule has 2 atom stereocenters. The summed E-state index contributed by atoms with van der Waals surface area (Å²) in [7, 11) is 2.62. The Kier molecular flexibility index (Phi) is 5.82. The van der Waals surface area contributed by atoms with E-state index in [1.54, 1.807) is 17.8 Å². The Morgan fingerprint density at radius 1 is 1.56 bits per heavy atom. The molecule has 0 heterocycles. The minimum atomic E-state index is -0.0317. The number of hydrogen-bond donors (Lipinski definition) is 0. The number of benzene rings is 1. The fourth-order valence-electron chi connectivity index (χ4n) is 1.54. The normalized spacial score (nSPS) is 12.5. The molecule has 0 spiro atoms. The third-order valence-corrected chi connectivity index (χ3v) is 4.11. The molecule has 4 heteroatoms. The Hall–Kier alpha value is -0.0400. The van der Waals surface area contributed by atoms with Crippen LogP contribution in [-0.2, 0) is 0 Å². The number of Topliss-reactive ketones (excluding diaryl/α,β-unsaturated/α-hetero) is 1. The molecule has 0 N–H and O–H groups in total. The second-order valence-corrected chi connectivity index (χ2v) is 5.64. The maximum atomic E-state index is 12.2. The smallest absolute Gasteiger partial charge is 0.172 e. The Morgan fingerprint density at radius 2 is 2.25 bits per heavy atom. The number of rotatable bonds is 5. The fraction of sp³-hybridized carbons (Fsp3) is 0.417. The summed E-state index contributed by atoms with van der Waals surface area (Å²) >= 11 is 7.66. The number of carbonyl (C=O) groups excluding carboxylic acids is 1. The lowest BCUT2D eigenvalue weighted by Crippen LogP contribution is -2.15. The first-order valence-corrected chi connectivity index (χ1v) is 7.51. The summed E-state index contributed by atoms with van der Waals surface area (Å²) in [4.78, 5) is 13.2. The molecule has 0 fully saturated rings. The van der Waals surface area contributed by atoms with Gasteiger partial charge in [0.25, 0.3) is 0 Å². The summed E-state index contributed by atoms with van der Waals surface area (Å²) in [5.41, 5.74) is 0.640. The Morgan fingerprint density at radius 3 is 2.81 bits per heavy atom. The van der Waals surface area contributed by atoms with E-state index in [0.717, 1.165) is 17.7 Å². The minimum absolute atomic E-state index is 0.0317. The van der Waals surface area contributed by atoms with Gasteiger partial charge in [-0.05, 0) is 24.8 Å². The maximum absolute atomic E-state index is 12.2. The largest absolute Gasteiger partial charge is 0.293 e.